The lowest BCUT2D eigenvalue weighted by Gasteiger charge is -2.32. The van der Waals surface area contributed by atoms with Gasteiger partial charge in [-0.15, -0.1) is 5.10 Å². The molecule has 0 aromatic carbocycles. The molecule has 1 atom stereocenters. The molecule has 2 aromatic heterocycles. The number of hydrogen-bond acceptors (Lipinski definition) is 5. The van der Waals surface area contributed by atoms with Gasteiger partial charge in [0.1, 0.15) is 4.88 Å². The summed E-state index contributed by atoms with van der Waals surface area (Å²) in [6.45, 7) is 3.64. The molecule has 2 aromatic rings. The van der Waals surface area contributed by atoms with Crippen LogP contribution < -0.4 is 0 Å². The van der Waals surface area contributed by atoms with Crippen molar-refractivity contribution in [2.24, 2.45) is 5.92 Å². The van der Waals surface area contributed by atoms with Crippen molar-refractivity contribution in [2.75, 3.05) is 13.1 Å². The number of H-pyrrole nitrogens is 1. The molecule has 1 amide bonds. The van der Waals surface area contributed by atoms with E-state index >= 15 is 0 Å². The maximum atomic E-state index is 12.6. The number of piperidine rings is 1. The Labute approximate surface area is 127 Å². The smallest absolute Gasteiger partial charge is 0.267 e. The summed E-state index contributed by atoms with van der Waals surface area (Å²) in [7, 11) is 0. The van der Waals surface area contributed by atoms with Gasteiger partial charge in [-0.2, -0.15) is 5.10 Å². The number of carbonyl (C=O) groups excluding carboxylic acids is 1. The number of nitrogens with one attached hydrogen (secondary N) is 1. The van der Waals surface area contributed by atoms with Gasteiger partial charge in [-0.3, -0.25) is 9.89 Å². The van der Waals surface area contributed by atoms with Gasteiger partial charge in [0, 0.05) is 25.0 Å². The second-order valence-corrected chi connectivity index (χ2v) is 6.20. The van der Waals surface area contributed by atoms with Gasteiger partial charge in [-0.1, -0.05) is 11.4 Å². The zero-order chi connectivity index (χ0) is 14.7. The molecule has 0 bridgehead atoms. The first kappa shape index (κ1) is 14.2. The highest BCUT2D eigenvalue weighted by Gasteiger charge is 2.27. The van der Waals surface area contributed by atoms with Crippen LogP contribution in [-0.2, 0) is 12.8 Å². The fourth-order valence-corrected chi connectivity index (χ4v) is 3.59. The zero-order valence-electron chi connectivity index (χ0n) is 12.1. The number of rotatable bonds is 4. The first-order valence-electron chi connectivity index (χ1n) is 7.36. The molecule has 6 nitrogen and oxygen atoms in total. The number of aryl methyl sites for hydroxylation is 1. The highest BCUT2D eigenvalue weighted by molar-refractivity contribution is 7.08. The Hall–Kier alpha value is -1.76. The van der Waals surface area contributed by atoms with Crippen LogP contribution in [0.5, 0.6) is 0 Å². The molecule has 0 spiro atoms. The number of aromatic amines is 1. The monoisotopic (exact) mass is 305 g/mol. The number of amides is 1. The Morgan fingerprint density at radius 2 is 2.48 bits per heavy atom. The molecule has 112 valence electrons. The van der Waals surface area contributed by atoms with Gasteiger partial charge in [-0.05, 0) is 49.2 Å². The van der Waals surface area contributed by atoms with Crippen molar-refractivity contribution in [1.29, 1.82) is 0 Å². The number of hydrogen-bond donors (Lipinski definition) is 1. The standard InChI is InChI=1S/C14H19N5OS/c1-2-12-13(21-18-17-12)14(20)19-7-3-4-10(9-19)8-11-5-6-15-16-11/h5-6,10H,2-4,7-9H2,1H3,(H,15,16). The molecule has 0 radical (unpaired) electrons. The van der Waals surface area contributed by atoms with Gasteiger partial charge in [0.25, 0.3) is 5.91 Å². The topological polar surface area (TPSA) is 74.8 Å². The van der Waals surface area contributed by atoms with Crippen LogP contribution in [0.3, 0.4) is 0 Å². The molecule has 3 heterocycles. The SMILES string of the molecule is CCc1nnsc1C(=O)N1CCCC(Cc2ccn[nH]2)C1. The van der Waals surface area contributed by atoms with E-state index in [2.05, 4.69) is 19.8 Å². The lowest BCUT2D eigenvalue weighted by molar-refractivity contribution is 0.0676. The summed E-state index contributed by atoms with van der Waals surface area (Å²) in [6.07, 6.45) is 5.69. The molecule has 1 saturated heterocycles. The van der Waals surface area contributed by atoms with Crippen LogP contribution in [0.15, 0.2) is 12.3 Å². The van der Waals surface area contributed by atoms with Crippen LogP contribution in [0.2, 0.25) is 0 Å². The minimum Gasteiger partial charge on any atom is -0.338 e. The van der Waals surface area contributed by atoms with Gasteiger partial charge in [0.2, 0.25) is 0 Å². The minimum atomic E-state index is 0.0937. The first-order chi connectivity index (χ1) is 10.3. The molecule has 1 fully saturated rings. The van der Waals surface area contributed by atoms with Gasteiger partial charge in [0.15, 0.2) is 0 Å². The van der Waals surface area contributed by atoms with E-state index in [9.17, 15) is 4.79 Å². The largest absolute Gasteiger partial charge is 0.338 e. The molecule has 3 rings (SSSR count). The van der Waals surface area contributed by atoms with Crippen molar-refractivity contribution in [2.45, 2.75) is 32.6 Å². The molecule has 21 heavy (non-hydrogen) atoms. The molecule has 1 N–H and O–H groups in total. The van der Waals surface area contributed by atoms with Crippen molar-refractivity contribution in [3.8, 4) is 0 Å². The molecular weight excluding hydrogens is 286 g/mol. The van der Waals surface area contributed by atoms with Gasteiger partial charge in [-0.25, -0.2) is 0 Å². The van der Waals surface area contributed by atoms with E-state index in [1.54, 1.807) is 6.20 Å². The summed E-state index contributed by atoms with van der Waals surface area (Å²) in [5.74, 6) is 0.588. The van der Waals surface area contributed by atoms with Crippen LogP contribution >= 0.6 is 11.5 Å². The Kier molecular flexibility index (Phi) is 4.28. The summed E-state index contributed by atoms with van der Waals surface area (Å²) in [5, 5.41) is 11.0. The van der Waals surface area contributed by atoms with E-state index in [-0.39, 0.29) is 5.91 Å². The molecule has 1 aliphatic rings. The van der Waals surface area contributed by atoms with Crippen LogP contribution in [0.25, 0.3) is 0 Å². The summed E-state index contributed by atoms with van der Waals surface area (Å²) < 4.78 is 3.92. The average molecular weight is 305 g/mol. The zero-order valence-corrected chi connectivity index (χ0v) is 12.9. The summed E-state index contributed by atoms with van der Waals surface area (Å²) in [6, 6.07) is 2.00. The summed E-state index contributed by atoms with van der Waals surface area (Å²) in [4.78, 5) is 15.3. The third kappa shape index (κ3) is 3.12. The van der Waals surface area contributed by atoms with Crippen molar-refractivity contribution in [3.05, 3.63) is 28.5 Å². The van der Waals surface area contributed by atoms with Crippen molar-refractivity contribution in [3.63, 3.8) is 0 Å². The third-order valence-electron chi connectivity index (χ3n) is 3.96. The van der Waals surface area contributed by atoms with Crippen molar-refractivity contribution in [1.82, 2.24) is 24.7 Å². The molecule has 7 heteroatoms. The predicted octanol–water partition coefficient (Wildman–Crippen LogP) is 1.92. The molecule has 1 aliphatic heterocycles. The normalized spacial score (nSPS) is 18.9. The second-order valence-electron chi connectivity index (χ2n) is 5.45. The van der Waals surface area contributed by atoms with Crippen LogP contribution in [0.1, 0.15) is 40.8 Å². The maximum absolute atomic E-state index is 12.6. The van der Waals surface area contributed by atoms with Crippen LogP contribution in [0, 0.1) is 5.92 Å². The molecule has 0 saturated carbocycles. The van der Waals surface area contributed by atoms with E-state index in [1.807, 2.05) is 17.9 Å². The summed E-state index contributed by atoms with van der Waals surface area (Å²) in [5.41, 5.74) is 1.96. The fraction of sp³-hybridized carbons (Fsp3) is 0.571. The minimum absolute atomic E-state index is 0.0937. The van der Waals surface area contributed by atoms with Crippen molar-refractivity contribution >= 4 is 17.4 Å². The number of carbonyl (C=O) groups is 1. The maximum Gasteiger partial charge on any atom is 0.267 e. The summed E-state index contributed by atoms with van der Waals surface area (Å²) >= 11 is 1.21. The second kappa shape index (κ2) is 6.34. The highest BCUT2D eigenvalue weighted by atomic mass is 32.1. The van der Waals surface area contributed by atoms with Crippen molar-refractivity contribution < 1.29 is 4.79 Å². The Balaban J connectivity index is 1.66. The van der Waals surface area contributed by atoms with E-state index in [4.69, 9.17) is 0 Å². The third-order valence-corrected chi connectivity index (χ3v) is 4.71. The average Bonchev–Trinajstić information content (AvgIpc) is 3.17. The molecular formula is C14H19N5OS. The number of likely N-dealkylation sites (tertiary alicyclic amines) is 1. The lowest BCUT2D eigenvalue weighted by atomic mass is 9.93. The Morgan fingerprint density at radius 1 is 1.57 bits per heavy atom. The van der Waals surface area contributed by atoms with Gasteiger partial charge in [0.05, 0.1) is 5.69 Å². The molecule has 1 unspecified atom stereocenters. The van der Waals surface area contributed by atoms with Crippen LogP contribution in [-0.4, -0.2) is 43.7 Å². The number of aromatic nitrogens is 4. The Morgan fingerprint density at radius 3 is 3.24 bits per heavy atom. The fourth-order valence-electron chi connectivity index (χ4n) is 2.87. The van der Waals surface area contributed by atoms with E-state index in [0.29, 0.717) is 10.8 Å². The molecule has 0 aliphatic carbocycles. The Bertz CT molecular complexity index is 594. The van der Waals surface area contributed by atoms with Crippen LogP contribution in [0.4, 0.5) is 0 Å². The number of nitrogens with zero attached hydrogens (tertiary/aromatic N) is 4. The van der Waals surface area contributed by atoms with Gasteiger partial charge >= 0.3 is 0 Å². The van der Waals surface area contributed by atoms with E-state index in [0.717, 1.165) is 50.2 Å². The first-order valence-corrected chi connectivity index (χ1v) is 8.14. The quantitative estimate of drug-likeness (QED) is 0.936. The predicted molar refractivity (Wildman–Crippen MR) is 80.2 cm³/mol. The highest BCUT2D eigenvalue weighted by Crippen LogP contribution is 2.23. The van der Waals surface area contributed by atoms with E-state index < -0.39 is 0 Å². The van der Waals surface area contributed by atoms with Gasteiger partial charge < -0.3 is 4.90 Å². The lowest BCUT2D eigenvalue weighted by Crippen LogP contribution is -2.40. The van der Waals surface area contributed by atoms with E-state index in [1.165, 1.54) is 11.5 Å².